The molecule has 0 bridgehead atoms. The van der Waals surface area contributed by atoms with Gasteiger partial charge in [-0.3, -0.25) is 9.78 Å². The van der Waals surface area contributed by atoms with Gasteiger partial charge in [-0.2, -0.15) is 0 Å². The fourth-order valence-electron chi connectivity index (χ4n) is 1.90. The monoisotopic (exact) mass is 330 g/mol. The first kappa shape index (κ1) is 16.6. The highest BCUT2D eigenvalue weighted by atomic mass is 32.2. The number of rotatable bonds is 7. The van der Waals surface area contributed by atoms with Gasteiger partial charge < -0.3 is 5.32 Å². The van der Waals surface area contributed by atoms with Gasteiger partial charge in [0.25, 0.3) is 0 Å². The Kier molecular flexibility index (Phi) is 7.06. The average molecular weight is 330 g/mol. The maximum atomic E-state index is 11.9. The van der Waals surface area contributed by atoms with Crippen LogP contribution in [0.3, 0.4) is 0 Å². The van der Waals surface area contributed by atoms with Gasteiger partial charge in [0.2, 0.25) is 0 Å². The Morgan fingerprint density at radius 2 is 1.91 bits per heavy atom. The minimum absolute atomic E-state index is 0.244. The number of aromatic nitrogens is 1. The summed E-state index contributed by atoms with van der Waals surface area (Å²) in [6.07, 6.45) is 4.59. The molecule has 0 unspecified atom stereocenters. The Bertz CT molecular complexity index is 603. The second kappa shape index (κ2) is 9.33. The van der Waals surface area contributed by atoms with E-state index in [1.54, 1.807) is 6.20 Å². The van der Waals surface area contributed by atoms with Gasteiger partial charge in [0.05, 0.1) is 0 Å². The third-order valence-electron chi connectivity index (χ3n) is 3.02. The summed E-state index contributed by atoms with van der Waals surface area (Å²) in [6.45, 7) is 0.664. The molecule has 1 N–H and O–H groups in total. The minimum Gasteiger partial charge on any atom is -0.367 e. The molecule has 0 fully saturated rings. The molecule has 1 heterocycles. The summed E-state index contributed by atoms with van der Waals surface area (Å²) < 4.78 is 0.719. The third-order valence-corrected chi connectivity index (χ3v) is 4.33. The number of carbonyl (C=O) groups is 1. The first-order chi connectivity index (χ1) is 10.7. The SMILES string of the molecule is O=C(CCSC(=S)NCc1cccnc1)Cc1ccccc1. The third kappa shape index (κ3) is 6.37. The quantitative estimate of drug-likeness (QED) is 0.788. The Hall–Kier alpha value is -1.72. The van der Waals surface area contributed by atoms with Crippen molar-refractivity contribution in [3.05, 3.63) is 66.0 Å². The van der Waals surface area contributed by atoms with Crippen LogP contribution >= 0.6 is 24.0 Å². The largest absolute Gasteiger partial charge is 0.367 e. The van der Waals surface area contributed by atoms with Crippen LogP contribution in [0.15, 0.2) is 54.9 Å². The van der Waals surface area contributed by atoms with Gasteiger partial charge in [-0.15, -0.1) is 0 Å². The number of thiocarbonyl (C=S) groups is 1. The van der Waals surface area contributed by atoms with Crippen LogP contribution in [0.25, 0.3) is 0 Å². The van der Waals surface area contributed by atoms with E-state index in [0.717, 1.165) is 15.4 Å². The molecule has 0 saturated heterocycles. The molecule has 3 nitrogen and oxygen atoms in total. The summed E-state index contributed by atoms with van der Waals surface area (Å²) in [6, 6.07) is 13.7. The first-order valence-corrected chi connectivity index (χ1v) is 8.48. The van der Waals surface area contributed by atoms with Crippen molar-refractivity contribution >= 4 is 34.1 Å². The lowest BCUT2D eigenvalue weighted by Gasteiger charge is -2.07. The van der Waals surface area contributed by atoms with E-state index in [0.29, 0.717) is 25.1 Å². The zero-order valence-corrected chi connectivity index (χ0v) is 13.8. The number of ketones is 1. The highest BCUT2D eigenvalue weighted by Crippen LogP contribution is 2.08. The summed E-state index contributed by atoms with van der Waals surface area (Å²) in [5, 5.41) is 3.17. The fourth-order valence-corrected chi connectivity index (χ4v) is 2.91. The standard InChI is InChI=1S/C17H18N2OS2/c20-16(11-14-5-2-1-3-6-14)8-10-22-17(21)19-13-15-7-4-9-18-12-15/h1-7,9,12H,8,10-11,13H2,(H,19,21). The molecular weight excluding hydrogens is 312 g/mol. The van der Waals surface area contributed by atoms with E-state index in [-0.39, 0.29) is 5.78 Å². The van der Waals surface area contributed by atoms with Crippen LogP contribution < -0.4 is 5.32 Å². The zero-order valence-electron chi connectivity index (χ0n) is 12.2. The molecule has 22 heavy (non-hydrogen) atoms. The van der Waals surface area contributed by atoms with Crippen molar-refractivity contribution in [2.75, 3.05) is 5.75 Å². The van der Waals surface area contributed by atoms with Crippen LogP contribution in [0.1, 0.15) is 17.5 Å². The maximum Gasteiger partial charge on any atom is 0.138 e. The van der Waals surface area contributed by atoms with E-state index in [1.165, 1.54) is 11.8 Å². The van der Waals surface area contributed by atoms with Crippen molar-refractivity contribution in [2.45, 2.75) is 19.4 Å². The van der Waals surface area contributed by atoms with Crippen molar-refractivity contribution in [1.29, 1.82) is 0 Å². The van der Waals surface area contributed by atoms with Crippen molar-refractivity contribution in [1.82, 2.24) is 10.3 Å². The minimum atomic E-state index is 0.244. The smallest absolute Gasteiger partial charge is 0.138 e. The molecule has 114 valence electrons. The van der Waals surface area contributed by atoms with Crippen molar-refractivity contribution < 1.29 is 4.79 Å². The molecule has 0 saturated carbocycles. The zero-order chi connectivity index (χ0) is 15.6. The molecule has 0 aliphatic carbocycles. The van der Waals surface area contributed by atoms with Crippen LogP contribution in [0, 0.1) is 0 Å². The number of nitrogens with one attached hydrogen (secondary N) is 1. The van der Waals surface area contributed by atoms with Gasteiger partial charge >= 0.3 is 0 Å². The molecule has 0 aliphatic rings. The second-order valence-corrected chi connectivity index (χ2v) is 6.57. The number of pyridine rings is 1. The summed E-state index contributed by atoms with van der Waals surface area (Å²) in [7, 11) is 0. The molecule has 2 rings (SSSR count). The predicted octanol–water partition coefficient (Wildman–Crippen LogP) is 3.39. The molecule has 5 heteroatoms. The van der Waals surface area contributed by atoms with E-state index < -0.39 is 0 Å². The van der Waals surface area contributed by atoms with Crippen LogP contribution in [0.2, 0.25) is 0 Å². The van der Waals surface area contributed by atoms with Crippen LogP contribution in [-0.4, -0.2) is 20.8 Å². The average Bonchev–Trinajstić information content (AvgIpc) is 2.55. The number of hydrogen-bond acceptors (Lipinski definition) is 4. The van der Waals surface area contributed by atoms with Gasteiger partial charge in [-0.1, -0.05) is 60.4 Å². The summed E-state index contributed by atoms with van der Waals surface area (Å²) in [4.78, 5) is 15.9. The van der Waals surface area contributed by atoms with Gasteiger partial charge in [-0.25, -0.2) is 0 Å². The number of nitrogens with zero attached hydrogens (tertiary/aromatic N) is 1. The number of benzene rings is 1. The van der Waals surface area contributed by atoms with Crippen molar-refractivity contribution in [3.63, 3.8) is 0 Å². The molecule has 0 aliphatic heterocycles. The lowest BCUT2D eigenvalue weighted by Crippen LogP contribution is -2.18. The number of thioether (sulfide) groups is 1. The Morgan fingerprint density at radius 1 is 1.14 bits per heavy atom. The molecular formula is C17H18N2OS2. The number of carbonyl (C=O) groups excluding carboxylic acids is 1. The Morgan fingerprint density at radius 3 is 2.64 bits per heavy atom. The maximum absolute atomic E-state index is 11.9. The van der Waals surface area contributed by atoms with E-state index >= 15 is 0 Å². The molecule has 0 atom stereocenters. The lowest BCUT2D eigenvalue weighted by atomic mass is 10.1. The summed E-state index contributed by atoms with van der Waals surface area (Å²) in [5.74, 6) is 0.957. The molecule has 0 radical (unpaired) electrons. The van der Waals surface area contributed by atoms with Gasteiger partial charge in [-0.05, 0) is 17.2 Å². The van der Waals surface area contributed by atoms with Gasteiger partial charge in [0, 0.05) is 37.5 Å². The van der Waals surface area contributed by atoms with E-state index in [4.69, 9.17) is 12.2 Å². The second-order valence-electron chi connectivity index (χ2n) is 4.80. The molecule has 0 spiro atoms. The van der Waals surface area contributed by atoms with E-state index in [1.807, 2.05) is 48.7 Å². The predicted molar refractivity (Wildman–Crippen MR) is 95.9 cm³/mol. The normalized spacial score (nSPS) is 10.2. The van der Waals surface area contributed by atoms with Gasteiger partial charge in [0.15, 0.2) is 0 Å². The van der Waals surface area contributed by atoms with Crippen LogP contribution in [0.5, 0.6) is 0 Å². The van der Waals surface area contributed by atoms with Crippen molar-refractivity contribution in [2.24, 2.45) is 0 Å². The Balaban J connectivity index is 1.61. The van der Waals surface area contributed by atoms with E-state index in [2.05, 4.69) is 10.3 Å². The molecule has 1 aromatic carbocycles. The van der Waals surface area contributed by atoms with Crippen LogP contribution in [-0.2, 0) is 17.8 Å². The summed E-state index contributed by atoms with van der Waals surface area (Å²) >= 11 is 6.77. The molecule has 1 aromatic heterocycles. The molecule has 0 amide bonds. The fraction of sp³-hybridized carbons (Fsp3) is 0.235. The number of hydrogen-bond donors (Lipinski definition) is 1. The Labute approximate surface area is 140 Å². The topological polar surface area (TPSA) is 42.0 Å². The number of Topliss-reactive ketones (excluding diaryl/α,β-unsaturated/α-hetero) is 1. The summed E-state index contributed by atoms with van der Waals surface area (Å²) in [5.41, 5.74) is 2.15. The highest BCUT2D eigenvalue weighted by Gasteiger charge is 2.05. The molecule has 2 aromatic rings. The lowest BCUT2D eigenvalue weighted by molar-refractivity contribution is -0.118. The van der Waals surface area contributed by atoms with Crippen molar-refractivity contribution in [3.8, 4) is 0 Å². The van der Waals surface area contributed by atoms with Crippen LogP contribution in [0.4, 0.5) is 0 Å². The van der Waals surface area contributed by atoms with Gasteiger partial charge in [0.1, 0.15) is 10.1 Å². The van der Waals surface area contributed by atoms with E-state index in [9.17, 15) is 4.79 Å². The first-order valence-electron chi connectivity index (χ1n) is 7.09. The highest BCUT2D eigenvalue weighted by molar-refractivity contribution is 8.22.